The van der Waals surface area contributed by atoms with Gasteiger partial charge in [-0.05, 0) is 134 Å². The van der Waals surface area contributed by atoms with Crippen molar-refractivity contribution in [1.29, 1.82) is 0 Å². The summed E-state index contributed by atoms with van der Waals surface area (Å²) >= 11 is 5.62. The van der Waals surface area contributed by atoms with E-state index in [1.54, 1.807) is 87.2 Å². The maximum absolute atomic E-state index is 13.2. The largest absolute Gasteiger partial charge is 0.490 e. The third-order valence-electron chi connectivity index (χ3n) is 10.9. The zero-order chi connectivity index (χ0) is 60.5. The lowest BCUT2D eigenvalue weighted by atomic mass is 10.0. The lowest BCUT2D eigenvalue weighted by Gasteiger charge is -2.15. The van der Waals surface area contributed by atoms with Crippen LogP contribution in [0.25, 0.3) is 0 Å². The second-order valence-electron chi connectivity index (χ2n) is 16.8. The number of benzene rings is 4. The number of aryl methyl sites for hydroxylation is 2. The molecule has 8 rings (SSSR count). The van der Waals surface area contributed by atoms with Crippen LogP contribution in [0, 0.1) is 27.7 Å². The number of carbonyl (C=O) groups is 5. The molecule has 18 nitrogen and oxygen atoms in total. The molecule has 4 heterocycles. The van der Waals surface area contributed by atoms with Crippen molar-refractivity contribution >= 4 is 81.3 Å². The molecular weight excluding hydrogens is 1120 g/mol. The summed E-state index contributed by atoms with van der Waals surface area (Å²) in [5, 5.41) is 20.6. The Labute approximate surface area is 464 Å². The summed E-state index contributed by atoms with van der Waals surface area (Å²) in [5.41, 5.74) is 7.31. The van der Waals surface area contributed by atoms with E-state index >= 15 is 0 Å². The van der Waals surface area contributed by atoms with E-state index in [0.29, 0.717) is 39.8 Å². The fraction of sp³-hybridized carbons (Fsp3) is 0.130. The van der Waals surface area contributed by atoms with Crippen LogP contribution in [0.15, 0.2) is 147 Å². The van der Waals surface area contributed by atoms with E-state index in [1.807, 2.05) is 0 Å². The normalized spacial score (nSPS) is 10.9. The highest BCUT2D eigenvalue weighted by Gasteiger charge is 2.38. The van der Waals surface area contributed by atoms with Crippen molar-refractivity contribution in [1.82, 2.24) is 29.9 Å². The number of aliphatic carboxylic acids is 1. The van der Waals surface area contributed by atoms with Crippen LogP contribution in [0.4, 0.5) is 79.6 Å². The number of rotatable bonds is 10. The van der Waals surface area contributed by atoms with Crippen LogP contribution in [0.3, 0.4) is 0 Å². The Morgan fingerprint density at radius 3 is 1.22 bits per heavy atom. The lowest BCUT2D eigenvalue weighted by Crippen LogP contribution is -2.21. The number of carbonyl (C=O) groups excluding carboxylic acids is 4. The van der Waals surface area contributed by atoms with Crippen LogP contribution in [0.1, 0.15) is 74.8 Å². The summed E-state index contributed by atoms with van der Waals surface area (Å²) in [4.78, 5) is 83.3. The van der Waals surface area contributed by atoms with Crippen molar-refractivity contribution in [2.75, 3.05) is 32.3 Å². The van der Waals surface area contributed by atoms with Gasteiger partial charge in [0, 0.05) is 52.2 Å². The predicted molar refractivity (Wildman–Crippen MR) is 285 cm³/mol. The Morgan fingerprint density at radius 1 is 0.476 bits per heavy atom. The number of alkyl halides is 9. The molecule has 426 valence electrons. The van der Waals surface area contributed by atoms with Crippen molar-refractivity contribution in [2.45, 2.75) is 46.2 Å². The number of nitrogen functional groups attached to an aromatic ring is 1. The number of amides is 4. The molecule has 0 radical (unpaired) electrons. The molecule has 8 aromatic rings. The van der Waals surface area contributed by atoms with Crippen molar-refractivity contribution in [3.8, 4) is 0 Å². The average Bonchev–Trinajstić information content (AvgIpc) is 3.44. The van der Waals surface area contributed by atoms with Gasteiger partial charge in [-0.1, -0.05) is 24.3 Å². The molecular formula is C54H44ClF9N12O6. The summed E-state index contributed by atoms with van der Waals surface area (Å²) in [6.45, 7) is 5.90. The Kier molecular flexibility index (Phi) is 21.2. The quantitative estimate of drug-likeness (QED) is 0.0496. The highest BCUT2D eigenvalue weighted by Crippen LogP contribution is 2.35. The Morgan fingerprint density at radius 2 is 0.866 bits per heavy atom. The number of anilines is 7. The third kappa shape index (κ3) is 18.5. The molecule has 0 aliphatic rings. The summed E-state index contributed by atoms with van der Waals surface area (Å²) in [5.74, 6) is -4.83. The Bertz CT molecular complexity index is 3540. The molecule has 0 aliphatic carbocycles. The van der Waals surface area contributed by atoms with Gasteiger partial charge in [-0.2, -0.15) is 39.5 Å². The number of nitrogens with one attached hydrogen (secondary N) is 5. The van der Waals surface area contributed by atoms with E-state index in [0.717, 1.165) is 12.1 Å². The van der Waals surface area contributed by atoms with Crippen molar-refractivity contribution in [2.24, 2.45) is 0 Å². The van der Waals surface area contributed by atoms with Crippen molar-refractivity contribution in [3.05, 3.63) is 208 Å². The number of pyridine rings is 2. The maximum Gasteiger partial charge on any atom is 0.490 e. The first-order valence-electron chi connectivity index (χ1n) is 23.2. The standard InChI is InChI=1S/C26H21F3N6O2.C21H16ClF3N4O2.C5H6N2.C2HF3O2/c1-15-8-9-17(33-23(36)20-6-3-7-22(16(20)2)26(27,28)29)11-21(15)24(37)34-19-13-31-25(32-14-19)35-18-5-4-10-30-12-18;1-11-6-7-13(8-16(11)19(31)29-14-9-26-20(22)27-10-14)28-18(30)15-4-3-5-17(12(15)2)21(23,24)25;6-5-2-1-3-7-4-5;3-2(4,5)1(6)7/h3-14H,1-2H3,(H,33,36)(H,34,37)(H,31,32,35);3-10H,1-2H3,(H,28,30)(H,29,31);1-4H,6H2;(H,6,7). The van der Waals surface area contributed by atoms with Gasteiger partial charge in [-0.25, -0.2) is 24.7 Å². The number of aromatic nitrogens is 6. The number of nitrogens with zero attached hydrogens (tertiary/aromatic N) is 6. The number of hydrogen-bond donors (Lipinski definition) is 7. The molecule has 0 saturated carbocycles. The van der Waals surface area contributed by atoms with Crippen molar-refractivity contribution in [3.63, 3.8) is 0 Å². The van der Waals surface area contributed by atoms with Gasteiger partial charge < -0.3 is 37.4 Å². The predicted octanol–water partition coefficient (Wildman–Crippen LogP) is 12.3. The van der Waals surface area contributed by atoms with Gasteiger partial charge in [-0.15, -0.1) is 0 Å². The molecule has 4 amide bonds. The average molecular weight is 1160 g/mol. The minimum Gasteiger partial charge on any atom is -0.475 e. The Balaban J connectivity index is 0.000000245. The smallest absolute Gasteiger partial charge is 0.475 e. The topological polar surface area (TPSA) is 269 Å². The molecule has 82 heavy (non-hydrogen) atoms. The first-order chi connectivity index (χ1) is 38.5. The molecule has 0 atom stereocenters. The summed E-state index contributed by atoms with van der Waals surface area (Å²) in [7, 11) is 0. The maximum atomic E-state index is 13.2. The third-order valence-corrected chi connectivity index (χ3v) is 11.1. The molecule has 4 aromatic heterocycles. The van der Waals surface area contributed by atoms with E-state index in [1.165, 1.54) is 75.0 Å². The molecule has 0 spiro atoms. The number of carboxylic acids is 1. The van der Waals surface area contributed by atoms with Crippen LogP contribution in [-0.4, -0.2) is 70.8 Å². The molecule has 0 saturated heterocycles. The SMILES string of the molecule is Cc1ccc(NC(=O)c2cccc(C(F)(F)F)c2C)cc1C(=O)Nc1cnc(Cl)nc1.Cc1ccc(NC(=O)c2cccc(C(F)(F)F)c2C)cc1C(=O)Nc1cnc(Nc2cccnc2)nc1.Nc1cccnc1.O=C(O)C(F)(F)F. The van der Waals surface area contributed by atoms with Crippen molar-refractivity contribution < 1.29 is 68.6 Å². The molecule has 0 fully saturated rings. The van der Waals surface area contributed by atoms with Crippen LogP contribution in [0.2, 0.25) is 5.28 Å². The van der Waals surface area contributed by atoms with E-state index in [4.69, 9.17) is 27.2 Å². The second-order valence-corrected chi connectivity index (χ2v) is 17.2. The van der Waals surface area contributed by atoms with E-state index < -0.39 is 59.3 Å². The molecule has 0 bridgehead atoms. The highest BCUT2D eigenvalue weighted by atomic mass is 35.5. The molecule has 8 N–H and O–H groups in total. The monoisotopic (exact) mass is 1160 g/mol. The fourth-order valence-electron chi connectivity index (χ4n) is 6.84. The lowest BCUT2D eigenvalue weighted by molar-refractivity contribution is -0.192. The second kappa shape index (κ2) is 27.7. The van der Waals surface area contributed by atoms with Gasteiger partial charge >= 0.3 is 24.5 Å². The van der Waals surface area contributed by atoms with E-state index in [9.17, 15) is 58.7 Å². The molecule has 0 aliphatic heterocycles. The molecule has 0 unspecified atom stereocenters. The van der Waals surface area contributed by atoms with Gasteiger partial charge in [0.1, 0.15) is 0 Å². The van der Waals surface area contributed by atoms with E-state index in [2.05, 4.69) is 56.5 Å². The van der Waals surface area contributed by atoms with Gasteiger partial charge in [0.25, 0.3) is 23.6 Å². The number of hydrogen-bond acceptors (Lipinski definition) is 13. The molecule has 4 aromatic carbocycles. The van der Waals surface area contributed by atoms with Crippen LogP contribution >= 0.6 is 11.6 Å². The minimum absolute atomic E-state index is 0.0313. The number of carboxylic acid groups (broad SMARTS) is 1. The van der Waals surface area contributed by atoms with Crippen LogP contribution in [0.5, 0.6) is 0 Å². The summed E-state index contributed by atoms with van der Waals surface area (Å²) in [6, 6.07) is 23.2. The highest BCUT2D eigenvalue weighted by molar-refractivity contribution is 6.28. The summed E-state index contributed by atoms with van der Waals surface area (Å²) < 4.78 is 111. The first kappa shape index (κ1) is 62.8. The summed E-state index contributed by atoms with van der Waals surface area (Å²) in [6.07, 6.45) is -2.14. The van der Waals surface area contributed by atoms with Gasteiger partial charge in [0.15, 0.2) is 0 Å². The van der Waals surface area contributed by atoms with E-state index in [-0.39, 0.29) is 50.0 Å². The fourth-order valence-corrected chi connectivity index (χ4v) is 6.93. The first-order valence-corrected chi connectivity index (χ1v) is 23.6. The van der Waals surface area contributed by atoms with Gasteiger partial charge in [0.2, 0.25) is 11.2 Å². The van der Waals surface area contributed by atoms with Crippen LogP contribution in [-0.2, 0) is 17.1 Å². The minimum atomic E-state index is -5.08. The van der Waals surface area contributed by atoms with Gasteiger partial charge in [-0.3, -0.25) is 29.1 Å². The molecule has 28 heteroatoms. The zero-order valence-corrected chi connectivity index (χ0v) is 43.6. The Hall–Kier alpha value is -10.1. The number of halogens is 10. The van der Waals surface area contributed by atoms with Crippen LogP contribution < -0.4 is 32.3 Å². The van der Waals surface area contributed by atoms with Gasteiger partial charge in [0.05, 0.1) is 64.9 Å². The number of nitrogens with two attached hydrogens (primary N) is 1. The zero-order valence-electron chi connectivity index (χ0n) is 42.9.